The van der Waals surface area contributed by atoms with E-state index in [-0.39, 0.29) is 33.4 Å². The number of sulfonamides is 1. The average molecular weight is 746 g/mol. The van der Waals surface area contributed by atoms with Crippen LogP contribution in [-0.2, 0) is 14.8 Å². The minimum absolute atomic E-state index is 0.0335. The van der Waals surface area contributed by atoms with Crippen molar-refractivity contribution in [1.29, 1.82) is 0 Å². The molecule has 1 aliphatic heterocycles. The highest BCUT2D eigenvalue weighted by Gasteiger charge is 2.44. The van der Waals surface area contributed by atoms with Gasteiger partial charge in [-0.05, 0) is 109 Å². The number of carbonyl (C=O) groups is 2. The molecular weight excluding hydrogens is 694 g/mol. The van der Waals surface area contributed by atoms with E-state index in [4.69, 9.17) is 21.1 Å². The number of hydrogen-bond donors (Lipinski definition) is 2. The van der Waals surface area contributed by atoms with Crippen LogP contribution in [0.25, 0.3) is 5.82 Å². The van der Waals surface area contributed by atoms with E-state index >= 15 is 0 Å². The summed E-state index contributed by atoms with van der Waals surface area (Å²) >= 11 is 6.34. The summed E-state index contributed by atoms with van der Waals surface area (Å²) in [6, 6.07) is 9.11. The second-order valence-electron chi connectivity index (χ2n) is 15.2. The van der Waals surface area contributed by atoms with Crippen molar-refractivity contribution in [2.24, 2.45) is 11.8 Å². The maximum absolute atomic E-state index is 13.2. The first-order valence-electron chi connectivity index (χ1n) is 17.5. The quantitative estimate of drug-likeness (QED) is 0.120. The summed E-state index contributed by atoms with van der Waals surface area (Å²) in [6.07, 6.45) is 6.59. The third kappa shape index (κ3) is 11.3. The van der Waals surface area contributed by atoms with Gasteiger partial charge < -0.3 is 19.7 Å². The van der Waals surface area contributed by atoms with Gasteiger partial charge in [-0.15, -0.1) is 5.10 Å². The van der Waals surface area contributed by atoms with Crippen molar-refractivity contribution in [3.05, 3.63) is 53.3 Å². The molecule has 2 unspecified atom stereocenters. The van der Waals surface area contributed by atoms with Crippen LogP contribution in [0.5, 0.6) is 5.88 Å². The van der Waals surface area contributed by atoms with Crippen molar-refractivity contribution in [3.63, 3.8) is 0 Å². The number of carbonyl (C=O) groups excluding carboxylic acids is 2. The molecule has 2 N–H and O–H groups in total. The van der Waals surface area contributed by atoms with Crippen LogP contribution in [0.4, 0.5) is 10.6 Å². The Morgan fingerprint density at radius 3 is 2.53 bits per heavy atom. The molecule has 0 saturated carbocycles. The largest absolute Gasteiger partial charge is 0.477 e. The summed E-state index contributed by atoms with van der Waals surface area (Å²) in [5.74, 6) is 1.31. The van der Waals surface area contributed by atoms with Gasteiger partial charge in [0.1, 0.15) is 16.6 Å². The average Bonchev–Trinajstić information content (AvgIpc) is 3.61. The van der Waals surface area contributed by atoms with Gasteiger partial charge >= 0.3 is 6.09 Å². The summed E-state index contributed by atoms with van der Waals surface area (Å²) in [5.41, 5.74) is -1.02. The van der Waals surface area contributed by atoms with E-state index < -0.39 is 21.5 Å². The molecule has 2 atom stereocenters. The van der Waals surface area contributed by atoms with Crippen LogP contribution in [0.3, 0.4) is 0 Å². The molecule has 4 heterocycles. The van der Waals surface area contributed by atoms with Crippen molar-refractivity contribution in [1.82, 2.24) is 29.4 Å². The molecule has 280 valence electrons. The number of likely N-dealkylation sites (tertiary alicyclic amines) is 1. The van der Waals surface area contributed by atoms with Crippen LogP contribution in [0.2, 0.25) is 5.15 Å². The Bertz CT molecular complexity index is 1770. The lowest BCUT2D eigenvalue weighted by Gasteiger charge is -2.37. The number of pyridine rings is 2. The lowest BCUT2D eigenvalue weighted by Crippen LogP contribution is -2.49. The van der Waals surface area contributed by atoms with Crippen LogP contribution in [-0.4, -0.2) is 75.4 Å². The molecule has 0 spiro atoms. The van der Waals surface area contributed by atoms with Crippen molar-refractivity contribution < 1.29 is 27.5 Å². The topological polar surface area (TPSA) is 158 Å². The lowest BCUT2D eigenvalue weighted by molar-refractivity contribution is 0.00293. The first kappa shape index (κ1) is 39.9. The Morgan fingerprint density at radius 2 is 1.84 bits per heavy atom. The van der Waals surface area contributed by atoms with Gasteiger partial charge in [-0.1, -0.05) is 38.4 Å². The molecule has 4 rings (SSSR count). The van der Waals surface area contributed by atoms with Crippen LogP contribution in [0.1, 0.15) is 104 Å². The lowest BCUT2D eigenvalue weighted by atomic mass is 9.96. The second kappa shape index (κ2) is 16.6. The molecule has 3 aromatic heterocycles. The molecule has 2 amide bonds. The number of hydrogen-bond acceptors (Lipinski definition) is 10. The monoisotopic (exact) mass is 745 g/mol. The highest BCUT2D eigenvalue weighted by molar-refractivity contribution is 7.90. The van der Waals surface area contributed by atoms with Gasteiger partial charge in [0.15, 0.2) is 10.8 Å². The number of aromatic nitrogens is 4. The maximum Gasteiger partial charge on any atom is 0.410 e. The Kier molecular flexibility index (Phi) is 13.0. The third-order valence-corrected chi connectivity index (χ3v) is 10.1. The number of nitrogens with one attached hydrogen (secondary N) is 2. The first-order valence-corrected chi connectivity index (χ1v) is 19.4. The highest BCUT2D eigenvalue weighted by Crippen LogP contribution is 2.36. The van der Waals surface area contributed by atoms with E-state index in [2.05, 4.69) is 41.2 Å². The minimum atomic E-state index is -4.35. The molecule has 0 bridgehead atoms. The van der Waals surface area contributed by atoms with E-state index in [0.29, 0.717) is 48.9 Å². The van der Waals surface area contributed by atoms with Gasteiger partial charge in [-0.25, -0.2) is 24.2 Å². The van der Waals surface area contributed by atoms with Gasteiger partial charge in [0.05, 0.1) is 12.2 Å². The fraction of sp³-hybridized carbons (Fsp3) is 0.583. The first-order chi connectivity index (χ1) is 23.8. The smallest absolute Gasteiger partial charge is 0.410 e. The van der Waals surface area contributed by atoms with E-state index in [1.54, 1.807) is 18.3 Å². The van der Waals surface area contributed by atoms with E-state index in [1.807, 2.05) is 44.2 Å². The summed E-state index contributed by atoms with van der Waals surface area (Å²) in [4.78, 5) is 36.3. The van der Waals surface area contributed by atoms with Gasteiger partial charge in [0.2, 0.25) is 5.88 Å². The molecule has 1 fully saturated rings. The molecule has 1 aliphatic rings. The maximum atomic E-state index is 13.2. The van der Waals surface area contributed by atoms with Crippen LogP contribution >= 0.6 is 11.6 Å². The van der Waals surface area contributed by atoms with Crippen LogP contribution < -0.4 is 14.8 Å². The van der Waals surface area contributed by atoms with Crippen molar-refractivity contribution in [2.75, 3.05) is 18.5 Å². The number of halogens is 1. The van der Waals surface area contributed by atoms with Crippen LogP contribution in [0, 0.1) is 11.8 Å². The zero-order chi connectivity index (χ0) is 37.6. The molecule has 13 nitrogen and oxygen atoms in total. The molecule has 51 heavy (non-hydrogen) atoms. The van der Waals surface area contributed by atoms with Gasteiger partial charge in [-0.2, -0.15) is 8.42 Å². The van der Waals surface area contributed by atoms with E-state index in [1.165, 1.54) is 28.9 Å². The van der Waals surface area contributed by atoms with E-state index in [9.17, 15) is 18.0 Å². The predicted molar refractivity (Wildman–Crippen MR) is 197 cm³/mol. The van der Waals surface area contributed by atoms with Crippen LogP contribution in [0.15, 0.2) is 47.6 Å². The number of ether oxygens (including phenoxy) is 2. The SMILES string of the molecule is CC(C)CC(C)CCOc1ccn(-c2ccc(C(=O)NS(=O)(=O)c3cccc(NCCCC4CCC(C)(C)N4C(=O)OC(C)(C)C)n3)c(Cl)n2)n1. The molecule has 15 heteroatoms. The van der Waals surface area contributed by atoms with Crippen molar-refractivity contribution in [2.45, 2.75) is 116 Å². The third-order valence-electron chi connectivity index (χ3n) is 8.56. The zero-order valence-corrected chi connectivity index (χ0v) is 32.5. The summed E-state index contributed by atoms with van der Waals surface area (Å²) in [5, 5.41) is 7.00. The second-order valence-corrected chi connectivity index (χ2v) is 17.2. The standard InChI is InChI=1S/C36H52ClN7O6S/c1-24(2)23-25(3)18-22-49-30-17-21-43(41-30)29-15-14-27(32(37)40-29)33(45)42-51(47,48)31-13-9-12-28(39-31)38-20-10-11-26-16-19-36(7,8)44(26)34(46)50-35(4,5)6/h9,12-15,17,21,24-26H,10-11,16,18-20,22-23H2,1-8H3,(H,38,39)(H,42,45). The fourth-order valence-corrected chi connectivity index (χ4v) is 7.38. The molecular formula is C36H52ClN7O6S. The Hall–Kier alpha value is -3.91. The summed E-state index contributed by atoms with van der Waals surface area (Å²) in [6.45, 7) is 17.3. The molecule has 3 aromatic rings. The molecule has 0 radical (unpaired) electrons. The minimum Gasteiger partial charge on any atom is -0.477 e. The molecule has 1 saturated heterocycles. The number of amides is 2. The fourth-order valence-electron chi connectivity index (χ4n) is 6.21. The molecule has 0 aromatic carbocycles. The summed E-state index contributed by atoms with van der Waals surface area (Å²) < 4.78 is 41.3. The zero-order valence-electron chi connectivity index (χ0n) is 30.9. The Balaban J connectivity index is 1.31. The number of nitrogens with zero attached hydrogens (tertiary/aromatic N) is 5. The normalized spacial score (nSPS) is 16.6. The Labute approximate surface area is 306 Å². The predicted octanol–water partition coefficient (Wildman–Crippen LogP) is 7.26. The summed E-state index contributed by atoms with van der Waals surface area (Å²) in [7, 11) is -4.35. The Morgan fingerprint density at radius 1 is 1.10 bits per heavy atom. The number of rotatable bonds is 15. The van der Waals surface area contributed by atoms with E-state index in [0.717, 1.165) is 32.1 Å². The number of anilines is 1. The molecule has 0 aliphatic carbocycles. The van der Waals surface area contributed by atoms with Gasteiger partial charge in [-0.3, -0.25) is 4.79 Å². The van der Waals surface area contributed by atoms with Crippen molar-refractivity contribution in [3.8, 4) is 11.7 Å². The highest BCUT2D eigenvalue weighted by atomic mass is 35.5. The van der Waals surface area contributed by atoms with Gasteiger partial charge in [0.25, 0.3) is 15.9 Å². The van der Waals surface area contributed by atoms with Gasteiger partial charge in [0, 0.05) is 30.4 Å². The van der Waals surface area contributed by atoms with Crippen molar-refractivity contribution >= 4 is 39.4 Å².